The van der Waals surface area contributed by atoms with Gasteiger partial charge in [-0.1, -0.05) is 78.9 Å². The van der Waals surface area contributed by atoms with Crippen LogP contribution in [0.5, 0.6) is 0 Å². The molecule has 4 rings (SSSR count). The minimum atomic E-state index is -0.893. The lowest BCUT2D eigenvalue weighted by atomic mass is 9.98. The van der Waals surface area contributed by atoms with Gasteiger partial charge < -0.3 is 25.4 Å². The number of thioether (sulfide) groups is 1. The third-order valence-electron chi connectivity index (χ3n) is 7.28. The molecule has 10 heteroatoms. The summed E-state index contributed by atoms with van der Waals surface area (Å²) in [7, 11) is 0. The van der Waals surface area contributed by atoms with Gasteiger partial charge in [0.1, 0.15) is 19.3 Å². The number of unbranched alkanes of at least 4 members (excludes halogenated alkanes) is 1. The lowest BCUT2D eigenvalue weighted by Crippen LogP contribution is -2.42. The van der Waals surface area contributed by atoms with Crippen molar-refractivity contribution in [3.63, 3.8) is 0 Å². The SMILES string of the molecule is CC(=O)NCSCCC(=O)NCCCCC(NC(=O)OCC1c2ccccc2-c2ccccc21)C(=O)OCc1ccccc1. The summed E-state index contributed by atoms with van der Waals surface area (Å²) in [5.41, 5.74) is 5.33. The average Bonchev–Trinajstić information content (AvgIpc) is 3.35. The highest BCUT2D eigenvalue weighted by molar-refractivity contribution is 7.99. The second kappa shape index (κ2) is 17.1. The molecular weight excluding hydrogens is 578 g/mol. The van der Waals surface area contributed by atoms with Crippen molar-refractivity contribution in [2.75, 3.05) is 24.8 Å². The van der Waals surface area contributed by atoms with Crippen molar-refractivity contribution >= 4 is 35.6 Å². The van der Waals surface area contributed by atoms with Gasteiger partial charge in [-0.15, -0.1) is 11.8 Å². The maximum absolute atomic E-state index is 13.0. The van der Waals surface area contributed by atoms with Gasteiger partial charge in [0, 0.05) is 31.6 Å². The third kappa shape index (κ3) is 9.87. The zero-order chi connectivity index (χ0) is 31.1. The van der Waals surface area contributed by atoms with Crippen molar-refractivity contribution in [2.45, 2.75) is 51.2 Å². The van der Waals surface area contributed by atoms with Crippen LogP contribution in [0.1, 0.15) is 55.2 Å². The van der Waals surface area contributed by atoms with Crippen molar-refractivity contribution in [3.8, 4) is 11.1 Å². The second-order valence-corrected chi connectivity index (χ2v) is 11.6. The van der Waals surface area contributed by atoms with Gasteiger partial charge in [-0.3, -0.25) is 9.59 Å². The number of fused-ring (bicyclic) bond motifs is 3. The molecule has 9 nitrogen and oxygen atoms in total. The third-order valence-corrected chi connectivity index (χ3v) is 8.12. The van der Waals surface area contributed by atoms with Gasteiger partial charge in [0.25, 0.3) is 0 Å². The van der Waals surface area contributed by atoms with E-state index in [-0.39, 0.29) is 30.9 Å². The molecule has 1 unspecified atom stereocenters. The van der Waals surface area contributed by atoms with Gasteiger partial charge >= 0.3 is 12.1 Å². The average molecular weight is 618 g/mol. The highest BCUT2D eigenvalue weighted by atomic mass is 32.2. The fraction of sp³-hybridized carbons (Fsp3) is 0.353. The van der Waals surface area contributed by atoms with Crippen LogP contribution in [-0.4, -0.2) is 54.7 Å². The molecule has 0 fully saturated rings. The van der Waals surface area contributed by atoms with Crippen molar-refractivity contribution in [2.24, 2.45) is 0 Å². The van der Waals surface area contributed by atoms with E-state index in [0.717, 1.165) is 27.8 Å². The zero-order valence-electron chi connectivity index (χ0n) is 24.9. The monoisotopic (exact) mass is 617 g/mol. The molecule has 3 N–H and O–H groups in total. The molecule has 0 bridgehead atoms. The first-order valence-corrected chi connectivity index (χ1v) is 16.0. The number of nitrogens with one attached hydrogen (secondary N) is 3. The Kier molecular flexibility index (Phi) is 12.7. The minimum Gasteiger partial charge on any atom is -0.459 e. The van der Waals surface area contributed by atoms with E-state index in [9.17, 15) is 19.2 Å². The molecule has 1 aliphatic rings. The number of esters is 1. The molecule has 1 atom stereocenters. The largest absolute Gasteiger partial charge is 0.459 e. The van der Waals surface area contributed by atoms with Gasteiger partial charge in [-0.2, -0.15) is 0 Å². The smallest absolute Gasteiger partial charge is 0.407 e. The van der Waals surface area contributed by atoms with Gasteiger partial charge in [-0.05, 0) is 47.1 Å². The van der Waals surface area contributed by atoms with Crippen LogP contribution < -0.4 is 16.0 Å². The van der Waals surface area contributed by atoms with E-state index in [1.165, 1.54) is 18.7 Å². The Morgan fingerprint density at radius 1 is 0.818 bits per heavy atom. The molecule has 1 aliphatic carbocycles. The van der Waals surface area contributed by atoms with E-state index in [4.69, 9.17) is 9.47 Å². The highest BCUT2D eigenvalue weighted by Gasteiger charge is 2.30. The van der Waals surface area contributed by atoms with Crippen LogP contribution in [0.25, 0.3) is 11.1 Å². The summed E-state index contributed by atoms with van der Waals surface area (Å²) in [5.74, 6) is 0.270. The van der Waals surface area contributed by atoms with Gasteiger partial charge in [-0.25, -0.2) is 9.59 Å². The van der Waals surface area contributed by atoms with Crippen molar-refractivity contribution in [1.29, 1.82) is 0 Å². The van der Waals surface area contributed by atoms with E-state index >= 15 is 0 Å². The molecule has 0 aliphatic heterocycles. The summed E-state index contributed by atoms with van der Waals surface area (Å²) in [5, 5.41) is 8.27. The minimum absolute atomic E-state index is 0.0732. The number of amides is 3. The quantitative estimate of drug-likeness (QED) is 0.116. The molecule has 0 spiro atoms. The summed E-state index contributed by atoms with van der Waals surface area (Å²) < 4.78 is 11.2. The molecule has 3 amide bonds. The maximum atomic E-state index is 13.0. The Morgan fingerprint density at radius 2 is 1.48 bits per heavy atom. The molecular formula is C34H39N3O6S. The Labute approximate surface area is 262 Å². The van der Waals surface area contributed by atoms with Crippen LogP contribution in [0, 0.1) is 0 Å². The molecule has 3 aromatic carbocycles. The summed E-state index contributed by atoms with van der Waals surface area (Å²) in [4.78, 5) is 49.0. The van der Waals surface area contributed by atoms with Crippen LogP contribution in [0.2, 0.25) is 0 Å². The molecule has 44 heavy (non-hydrogen) atoms. The van der Waals surface area contributed by atoms with Crippen LogP contribution in [0.3, 0.4) is 0 Å². The van der Waals surface area contributed by atoms with E-state index in [1.807, 2.05) is 54.6 Å². The predicted molar refractivity (Wildman–Crippen MR) is 171 cm³/mol. The Balaban J connectivity index is 1.26. The van der Waals surface area contributed by atoms with E-state index in [0.29, 0.717) is 43.9 Å². The van der Waals surface area contributed by atoms with Crippen LogP contribution in [0.15, 0.2) is 78.9 Å². The molecule has 0 saturated heterocycles. The molecule has 0 radical (unpaired) electrons. The molecule has 0 saturated carbocycles. The van der Waals surface area contributed by atoms with Crippen molar-refractivity contribution in [3.05, 3.63) is 95.6 Å². The molecule has 3 aromatic rings. The number of ether oxygens (including phenoxy) is 2. The number of benzene rings is 3. The van der Waals surface area contributed by atoms with Gasteiger partial charge in [0.05, 0.1) is 5.88 Å². The highest BCUT2D eigenvalue weighted by Crippen LogP contribution is 2.44. The fourth-order valence-corrected chi connectivity index (χ4v) is 5.82. The topological polar surface area (TPSA) is 123 Å². The van der Waals surface area contributed by atoms with Crippen LogP contribution >= 0.6 is 11.8 Å². The number of carbonyl (C=O) groups excluding carboxylic acids is 4. The summed E-state index contributed by atoms with van der Waals surface area (Å²) >= 11 is 1.48. The predicted octanol–water partition coefficient (Wildman–Crippen LogP) is 5.14. The molecule has 0 aromatic heterocycles. The second-order valence-electron chi connectivity index (χ2n) is 10.5. The fourth-order valence-electron chi connectivity index (χ4n) is 5.04. The Hall–Kier alpha value is -4.31. The first-order chi connectivity index (χ1) is 21.4. The molecule has 0 heterocycles. The number of hydrogen-bond acceptors (Lipinski definition) is 7. The summed E-state index contributed by atoms with van der Waals surface area (Å²) in [6, 6.07) is 24.6. The summed E-state index contributed by atoms with van der Waals surface area (Å²) in [6.07, 6.45) is 1.20. The first kappa shape index (κ1) is 32.6. The first-order valence-electron chi connectivity index (χ1n) is 14.8. The normalized spacial score (nSPS) is 12.4. The zero-order valence-corrected chi connectivity index (χ0v) is 25.7. The van der Waals surface area contributed by atoms with E-state index in [1.54, 1.807) is 0 Å². The number of alkyl carbamates (subject to hydrolysis) is 1. The number of hydrogen-bond donors (Lipinski definition) is 3. The van der Waals surface area contributed by atoms with Crippen LogP contribution in [0.4, 0.5) is 4.79 Å². The molecule has 232 valence electrons. The maximum Gasteiger partial charge on any atom is 0.407 e. The Bertz CT molecular complexity index is 1370. The van der Waals surface area contributed by atoms with Gasteiger partial charge in [0.2, 0.25) is 11.8 Å². The number of rotatable bonds is 16. The standard InChI is InChI=1S/C34H39N3O6S/c1-24(38)36-23-44-20-18-32(39)35-19-10-9-17-31(33(40)42-21-25-11-3-2-4-12-25)37-34(41)43-22-30-28-15-7-5-13-26(28)27-14-6-8-16-29(27)30/h2-8,11-16,30-31H,9-10,17-23H2,1H3,(H,35,39)(H,36,38)(H,37,41). The van der Waals surface area contributed by atoms with E-state index in [2.05, 4.69) is 40.2 Å². The van der Waals surface area contributed by atoms with Crippen LogP contribution in [-0.2, 0) is 30.5 Å². The lowest BCUT2D eigenvalue weighted by molar-refractivity contribution is -0.147. The van der Waals surface area contributed by atoms with E-state index < -0.39 is 18.1 Å². The number of carbonyl (C=O) groups is 4. The van der Waals surface area contributed by atoms with Crippen molar-refractivity contribution < 1.29 is 28.7 Å². The summed E-state index contributed by atoms with van der Waals surface area (Å²) in [6.45, 7) is 2.14. The Morgan fingerprint density at radius 3 is 2.16 bits per heavy atom. The lowest BCUT2D eigenvalue weighted by Gasteiger charge is -2.19. The van der Waals surface area contributed by atoms with Gasteiger partial charge in [0.15, 0.2) is 0 Å². The van der Waals surface area contributed by atoms with Crippen molar-refractivity contribution in [1.82, 2.24) is 16.0 Å².